The van der Waals surface area contributed by atoms with Gasteiger partial charge < -0.3 is 10.4 Å². The van der Waals surface area contributed by atoms with E-state index in [-0.39, 0.29) is 23.2 Å². The van der Waals surface area contributed by atoms with Crippen LogP contribution in [0.25, 0.3) is 0 Å². The molecule has 1 fully saturated rings. The first-order chi connectivity index (χ1) is 9.99. The normalized spacial score (nSPS) is 22.9. The Morgan fingerprint density at radius 2 is 1.90 bits per heavy atom. The van der Waals surface area contributed by atoms with Gasteiger partial charge in [-0.2, -0.15) is 0 Å². The topological polar surface area (TPSA) is 119 Å². The number of nitro benzene ring substituents is 1. The van der Waals surface area contributed by atoms with Crippen molar-refractivity contribution < 1.29 is 15.0 Å². The molecule has 8 nitrogen and oxygen atoms in total. The fourth-order valence-electron chi connectivity index (χ4n) is 2.63. The van der Waals surface area contributed by atoms with Crippen molar-refractivity contribution in [3.8, 4) is 0 Å². The molecule has 1 aromatic rings. The zero-order valence-electron chi connectivity index (χ0n) is 11.3. The van der Waals surface area contributed by atoms with Gasteiger partial charge in [0.1, 0.15) is 0 Å². The lowest BCUT2D eigenvalue weighted by atomic mass is 10.1. The number of nitro groups is 2. The molecule has 0 spiro atoms. The Balaban J connectivity index is 1.90. The van der Waals surface area contributed by atoms with E-state index >= 15 is 0 Å². The van der Waals surface area contributed by atoms with E-state index in [1.807, 2.05) is 0 Å². The van der Waals surface area contributed by atoms with Gasteiger partial charge in [-0.25, -0.2) is 0 Å². The number of benzene rings is 1. The van der Waals surface area contributed by atoms with Crippen molar-refractivity contribution in [3.05, 3.63) is 50.1 Å². The van der Waals surface area contributed by atoms with Gasteiger partial charge >= 0.3 is 0 Å². The summed E-state index contributed by atoms with van der Waals surface area (Å²) in [4.78, 5) is 20.6. The molecule has 0 bridgehead atoms. The third-order valence-corrected chi connectivity index (χ3v) is 3.81. The zero-order chi connectivity index (χ0) is 15.4. The highest BCUT2D eigenvalue weighted by atomic mass is 16.6. The molecule has 21 heavy (non-hydrogen) atoms. The second kappa shape index (κ2) is 6.59. The highest BCUT2D eigenvalue weighted by Crippen LogP contribution is 2.23. The van der Waals surface area contributed by atoms with Crippen LogP contribution in [0, 0.1) is 20.2 Å². The van der Waals surface area contributed by atoms with E-state index in [0.717, 1.165) is 12.8 Å². The van der Waals surface area contributed by atoms with Crippen LogP contribution in [-0.2, 0) is 0 Å². The van der Waals surface area contributed by atoms with E-state index < -0.39 is 17.1 Å². The maximum atomic E-state index is 10.9. The number of hydrogen-bond acceptors (Lipinski definition) is 6. The van der Waals surface area contributed by atoms with Crippen LogP contribution in [0.3, 0.4) is 0 Å². The molecule has 1 saturated carbocycles. The van der Waals surface area contributed by atoms with E-state index in [0.29, 0.717) is 12.0 Å². The van der Waals surface area contributed by atoms with Crippen LogP contribution in [0.4, 0.5) is 5.69 Å². The van der Waals surface area contributed by atoms with Gasteiger partial charge in [-0.1, -0.05) is 0 Å². The maximum absolute atomic E-state index is 10.9. The number of rotatable bonds is 6. The number of nitrogens with one attached hydrogen (secondary N) is 1. The maximum Gasteiger partial charge on any atom is 0.269 e. The summed E-state index contributed by atoms with van der Waals surface area (Å²) in [6, 6.07) is 4.80. The Labute approximate surface area is 121 Å². The summed E-state index contributed by atoms with van der Waals surface area (Å²) in [6.45, 7) is 0.187. The second-order valence-corrected chi connectivity index (χ2v) is 5.16. The first kappa shape index (κ1) is 15.3. The lowest BCUT2D eigenvalue weighted by Gasteiger charge is -2.18. The van der Waals surface area contributed by atoms with E-state index in [4.69, 9.17) is 0 Å². The lowest BCUT2D eigenvalue weighted by Crippen LogP contribution is -2.41. The summed E-state index contributed by atoms with van der Waals surface area (Å²) in [5, 5.41) is 34.5. The predicted molar refractivity (Wildman–Crippen MR) is 74.5 cm³/mol. The number of hydrogen-bond donors (Lipinski definition) is 2. The lowest BCUT2D eigenvalue weighted by molar-refractivity contribution is -0.523. The summed E-state index contributed by atoms with van der Waals surface area (Å²) in [5.41, 5.74) is 0.506. The van der Waals surface area contributed by atoms with Gasteiger partial charge in [-0.3, -0.25) is 20.2 Å². The molecule has 1 aliphatic rings. The van der Waals surface area contributed by atoms with Gasteiger partial charge in [-0.15, -0.1) is 0 Å². The molecule has 1 aromatic carbocycles. The quantitative estimate of drug-likeness (QED) is 0.605. The van der Waals surface area contributed by atoms with Crippen molar-refractivity contribution in [2.24, 2.45) is 0 Å². The third-order valence-electron chi connectivity index (χ3n) is 3.81. The summed E-state index contributed by atoms with van der Waals surface area (Å²) < 4.78 is 0. The first-order valence-electron chi connectivity index (χ1n) is 6.78. The van der Waals surface area contributed by atoms with E-state index in [2.05, 4.69) is 5.32 Å². The molecule has 2 N–H and O–H groups in total. The van der Waals surface area contributed by atoms with Crippen LogP contribution in [0.15, 0.2) is 24.3 Å². The van der Waals surface area contributed by atoms with Gasteiger partial charge in [0, 0.05) is 30.0 Å². The molecule has 1 aliphatic carbocycles. The van der Waals surface area contributed by atoms with Crippen LogP contribution < -0.4 is 5.32 Å². The predicted octanol–water partition coefficient (Wildman–Crippen LogP) is 1.42. The van der Waals surface area contributed by atoms with Crippen molar-refractivity contribution in [3.63, 3.8) is 0 Å². The van der Waals surface area contributed by atoms with Crippen molar-refractivity contribution in [1.29, 1.82) is 0 Å². The molecule has 0 aromatic heterocycles. The first-order valence-corrected chi connectivity index (χ1v) is 6.78. The largest absolute Gasteiger partial charge is 0.387 e. The van der Waals surface area contributed by atoms with Crippen LogP contribution in [0.5, 0.6) is 0 Å². The second-order valence-electron chi connectivity index (χ2n) is 5.16. The molecule has 0 saturated heterocycles. The minimum atomic E-state index is -0.848. The Bertz CT molecular complexity index is 519. The zero-order valence-corrected chi connectivity index (χ0v) is 11.3. The monoisotopic (exact) mass is 295 g/mol. The van der Waals surface area contributed by atoms with Gasteiger partial charge in [0.05, 0.1) is 17.1 Å². The van der Waals surface area contributed by atoms with Crippen molar-refractivity contribution in [2.45, 2.75) is 37.5 Å². The molecule has 3 atom stereocenters. The van der Waals surface area contributed by atoms with E-state index in [9.17, 15) is 25.3 Å². The van der Waals surface area contributed by atoms with Gasteiger partial charge in [0.15, 0.2) is 0 Å². The van der Waals surface area contributed by atoms with Crippen LogP contribution in [-0.4, -0.2) is 33.6 Å². The molecule has 0 heterocycles. The van der Waals surface area contributed by atoms with Gasteiger partial charge in [0.25, 0.3) is 5.69 Å². The Morgan fingerprint density at radius 3 is 2.48 bits per heavy atom. The molecule has 0 aliphatic heterocycles. The van der Waals surface area contributed by atoms with E-state index in [1.54, 1.807) is 0 Å². The van der Waals surface area contributed by atoms with Crippen molar-refractivity contribution in [1.82, 2.24) is 5.32 Å². The minimum absolute atomic E-state index is 0.0388. The van der Waals surface area contributed by atoms with Crippen LogP contribution >= 0.6 is 0 Å². The summed E-state index contributed by atoms with van der Waals surface area (Å²) in [6.07, 6.45) is 1.23. The Hall–Kier alpha value is -2.06. The number of aliphatic hydroxyl groups is 1. The summed E-state index contributed by atoms with van der Waals surface area (Å²) >= 11 is 0. The summed E-state index contributed by atoms with van der Waals surface area (Å²) in [5.74, 6) is 0. The minimum Gasteiger partial charge on any atom is -0.387 e. The molecule has 0 radical (unpaired) electrons. The number of nitrogens with zero attached hydrogens (tertiary/aromatic N) is 2. The Kier molecular flexibility index (Phi) is 4.81. The molecule has 3 unspecified atom stereocenters. The number of non-ortho nitro benzene ring substituents is 1. The van der Waals surface area contributed by atoms with Crippen LogP contribution in [0.2, 0.25) is 0 Å². The smallest absolute Gasteiger partial charge is 0.269 e. The van der Waals surface area contributed by atoms with E-state index in [1.165, 1.54) is 24.3 Å². The molecular formula is C13H17N3O5. The highest BCUT2D eigenvalue weighted by molar-refractivity contribution is 5.33. The standard InChI is InChI=1S/C13H17N3O5/c17-13(9-4-6-10(7-5-9)15(18)19)8-14-11-2-1-3-12(11)16(20)21/h4-7,11-14,17H,1-3,8H2. The van der Waals surface area contributed by atoms with Gasteiger partial charge in [0.2, 0.25) is 6.04 Å². The molecular weight excluding hydrogens is 278 g/mol. The average molecular weight is 295 g/mol. The molecule has 114 valence electrons. The summed E-state index contributed by atoms with van der Waals surface area (Å²) in [7, 11) is 0. The van der Waals surface area contributed by atoms with Crippen LogP contribution in [0.1, 0.15) is 30.9 Å². The number of aliphatic hydroxyl groups excluding tert-OH is 1. The fourth-order valence-corrected chi connectivity index (χ4v) is 2.63. The SMILES string of the molecule is O=[N+]([O-])c1ccc(C(O)CNC2CCCC2[N+](=O)[O-])cc1. The average Bonchev–Trinajstić information content (AvgIpc) is 2.93. The van der Waals surface area contributed by atoms with Gasteiger partial charge in [-0.05, 0) is 30.5 Å². The Morgan fingerprint density at radius 1 is 1.24 bits per heavy atom. The fraction of sp³-hybridized carbons (Fsp3) is 0.538. The third kappa shape index (κ3) is 3.73. The molecule has 8 heteroatoms. The highest BCUT2D eigenvalue weighted by Gasteiger charge is 2.36. The molecule has 0 amide bonds. The van der Waals surface area contributed by atoms with Crippen molar-refractivity contribution in [2.75, 3.05) is 6.54 Å². The van der Waals surface area contributed by atoms with Crippen molar-refractivity contribution >= 4 is 5.69 Å². The molecule has 2 rings (SSSR count).